The van der Waals surface area contributed by atoms with E-state index in [0.29, 0.717) is 19.6 Å². The first kappa shape index (κ1) is 31.5. The number of rotatable bonds is 24. The van der Waals surface area contributed by atoms with Crippen LogP contribution in [0.2, 0.25) is 0 Å². The number of hydrogen-bond acceptors (Lipinski definition) is 6. The van der Waals surface area contributed by atoms with Crippen LogP contribution >= 0.6 is 7.60 Å². The number of carbonyl (C=O) groups is 1. The van der Waals surface area contributed by atoms with Gasteiger partial charge in [0.2, 0.25) is 0 Å². The molecule has 1 unspecified atom stereocenters. The molecule has 1 atom stereocenters. The zero-order valence-corrected chi connectivity index (χ0v) is 21.2. The van der Waals surface area contributed by atoms with Crippen LogP contribution in [-0.4, -0.2) is 55.3 Å². The van der Waals surface area contributed by atoms with Gasteiger partial charge < -0.3 is 28.7 Å². The Morgan fingerprint density at radius 2 is 1.22 bits per heavy atom. The van der Waals surface area contributed by atoms with Gasteiger partial charge in [-0.25, -0.2) is 9.36 Å². The molecule has 32 heavy (non-hydrogen) atoms. The van der Waals surface area contributed by atoms with Gasteiger partial charge in [-0.3, -0.25) is 0 Å². The summed E-state index contributed by atoms with van der Waals surface area (Å²) in [6.45, 7) is 3.53. The van der Waals surface area contributed by atoms with Gasteiger partial charge in [0.1, 0.15) is 6.61 Å². The topological polar surface area (TPSA) is 112 Å². The lowest BCUT2D eigenvalue weighted by Crippen LogP contribution is -2.24. The quantitative estimate of drug-likeness (QED) is 0.0953. The van der Waals surface area contributed by atoms with Gasteiger partial charge in [0.15, 0.2) is 6.29 Å². The Bertz CT molecular complexity index is 469. The van der Waals surface area contributed by atoms with E-state index in [1.807, 2.05) is 0 Å². The van der Waals surface area contributed by atoms with Gasteiger partial charge in [-0.05, 0) is 12.8 Å². The summed E-state index contributed by atoms with van der Waals surface area (Å²) in [7, 11) is -3.52. The number of hydrogen-bond donors (Lipinski definition) is 2. The van der Waals surface area contributed by atoms with Crippen LogP contribution in [0.3, 0.4) is 0 Å². The second kappa shape index (κ2) is 22.3. The molecule has 0 aliphatic carbocycles. The minimum absolute atomic E-state index is 0.338. The van der Waals surface area contributed by atoms with Gasteiger partial charge in [0.25, 0.3) is 0 Å². The molecule has 0 aromatic heterocycles. The van der Waals surface area contributed by atoms with Crippen LogP contribution < -0.4 is 0 Å². The fraction of sp³-hybridized carbons (Fsp3) is 0.957. The third kappa shape index (κ3) is 21.4. The highest BCUT2D eigenvalue weighted by atomic mass is 31.2. The lowest BCUT2D eigenvalue weighted by atomic mass is 10.0. The average molecular weight is 483 g/mol. The van der Waals surface area contributed by atoms with E-state index >= 15 is 0 Å². The lowest BCUT2D eigenvalue weighted by Gasteiger charge is -2.16. The molecule has 0 spiro atoms. The minimum atomic E-state index is -4.88. The van der Waals surface area contributed by atoms with Crippen molar-refractivity contribution in [3.05, 3.63) is 0 Å². The first-order valence-corrected chi connectivity index (χ1v) is 14.0. The summed E-state index contributed by atoms with van der Waals surface area (Å²) < 4.78 is 31.1. The summed E-state index contributed by atoms with van der Waals surface area (Å²) in [4.78, 5) is 28.3. The van der Waals surface area contributed by atoms with E-state index in [1.165, 1.54) is 90.6 Å². The molecular weight excluding hydrogens is 435 g/mol. The highest BCUT2D eigenvalue weighted by Gasteiger charge is 2.28. The molecule has 0 radical (unpaired) electrons. The summed E-state index contributed by atoms with van der Waals surface area (Å²) >= 11 is 0. The molecular formula is C23H47O8P. The smallest absolute Gasteiger partial charge is 0.433 e. The predicted molar refractivity (Wildman–Crippen MR) is 126 cm³/mol. The maximum absolute atomic E-state index is 11.0. The summed E-state index contributed by atoms with van der Waals surface area (Å²) in [5.74, 6) is 0. The summed E-state index contributed by atoms with van der Waals surface area (Å²) in [5.41, 5.74) is -1.58. The molecule has 0 aliphatic heterocycles. The van der Waals surface area contributed by atoms with Gasteiger partial charge in [-0.2, -0.15) is 0 Å². The number of methoxy groups -OCH3 is 1. The number of ether oxygens (including phenoxy) is 4. The van der Waals surface area contributed by atoms with Crippen LogP contribution in [0.4, 0.5) is 4.79 Å². The van der Waals surface area contributed by atoms with E-state index in [2.05, 4.69) is 11.7 Å². The molecule has 8 nitrogen and oxygen atoms in total. The molecule has 0 aliphatic rings. The van der Waals surface area contributed by atoms with Crippen LogP contribution in [0.1, 0.15) is 103 Å². The zero-order chi connectivity index (χ0) is 23.9. The maximum atomic E-state index is 11.0. The van der Waals surface area contributed by atoms with E-state index in [0.717, 1.165) is 13.0 Å². The molecule has 0 heterocycles. The van der Waals surface area contributed by atoms with E-state index in [1.54, 1.807) is 0 Å². The van der Waals surface area contributed by atoms with Gasteiger partial charge in [0, 0.05) is 20.3 Å². The molecule has 0 aromatic rings. The molecule has 0 aromatic carbocycles. The normalized spacial score (nSPS) is 12.8. The van der Waals surface area contributed by atoms with Crippen LogP contribution in [0.25, 0.3) is 0 Å². The molecule has 0 saturated heterocycles. The maximum Gasteiger partial charge on any atom is 0.433 e. The average Bonchev–Trinajstić information content (AvgIpc) is 2.76. The Morgan fingerprint density at radius 1 is 0.750 bits per heavy atom. The lowest BCUT2D eigenvalue weighted by molar-refractivity contribution is -0.147. The standard InChI is InChI=1S/C23H47O8P/c1-3-4-5-6-7-8-9-10-11-12-13-14-15-16-18-29-19-17-20-30-22(28-2)21-31-23(24)32(25,26)27/h22H,3-21H2,1-2H3,(H2,25,26,27). The Morgan fingerprint density at radius 3 is 1.69 bits per heavy atom. The van der Waals surface area contributed by atoms with Crippen molar-refractivity contribution in [2.75, 3.05) is 33.5 Å². The number of unbranched alkanes of at least 4 members (excludes halogenated alkanes) is 13. The molecule has 9 heteroatoms. The summed E-state index contributed by atoms with van der Waals surface area (Å²) in [6.07, 6.45) is 18.5. The Balaban J connectivity index is 3.32. The van der Waals surface area contributed by atoms with E-state index in [-0.39, 0.29) is 6.61 Å². The van der Waals surface area contributed by atoms with Crippen molar-refractivity contribution in [2.24, 2.45) is 0 Å². The molecule has 0 saturated carbocycles. The SMILES string of the molecule is CCCCCCCCCCCCCCCCOCCCOC(COC(=O)P(=O)(O)O)OC. The van der Waals surface area contributed by atoms with Crippen molar-refractivity contribution in [3.8, 4) is 0 Å². The Kier molecular flexibility index (Phi) is 22.0. The van der Waals surface area contributed by atoms with E-state index in [4.69, 9.17) is 24.0 Å². The fourth-order valence-electron chi connectivity index (χ4n) is 3.28. The third-order valence-corrected chi connectivity index (χ3v) is 5.83. The van der Waals surface area contributed by atoms with Crippen molar-refractivity contribution in [2.45, 2.75) is 110 Å². The van der Waals surface area contributed by atoms with Crippen molar-refractivity contribution in [1.29, 1.82) is 0 Å². The third-order valence-electron chi connectivity index (χ3n) is 5.22. The molecule has 2 N–H and O–H groups in total. The summed E-state index contributed by atoms with van der Waals surface area (Å²) in [5, 5.41) is 0. The zero-order valence-electron chi connectivity index (χ0n) is 20.3. The first-order valence-electron chi connectivity index (χ1n) is 12.4. The molecule has 0 amide bonds. The monoisotopic (exact) mass is 482 g/mol. The first-order chi connectivity index (χ1) is 15.4. The fourth-order valence-corrected chi connectivity index (χ4v) is 3.53. The highest BCUT2D eigenvalue weighted by molar-refractivity contribution is 7.69. The van der Waals surface area contributed by atoms with Gasteiger partial charge >= 0.3 is 13.3 Å². The van der Waals surface area contributed by atoms with Crippen LogP contribution in [0, 0.1) is 0 Å². The van der Waals surface area contributed by atoms with Gasteiger partial charge in [-0.15, -0.1) is 0 Å². The van der Waals surface area contributed by atoms with Crippen molar-refractivity contribution in [1.82, 2.24) is 0 Å². The molecule has 0 rings (SSSR count). The molecule has 0 bridgehead atoms. The molecule has 192 valence electrons. The molecule has 0 fully saturated rings. The van der Waals surface area contributed by atoms with Crippen LogP contribution in [0.5, 0.6) is 0 Å². The van der Waals surface area contributed by atoms with Crippen molar-refractivity contribution < 1.29 is 38.1 Å². The minimum Gasteiger partial charge on any atom is -0.451 e. The van der Waals surface area contributed by atoms with E-state index in [9.17, 15) is 9.36 Å². The predicted octanol–water partition coefficient (Wildman–Crippen LogP) is 6.18. The van der Waals surface area contributed by atoms with Crippen LogP contribution in [-0.2, 0) is 23.5 Å². The van der Waals surface area contributed by atoms with Crippen molar-refractivity contribution >= 4 is 13.3 Å². The van der Waals surface area contributed by atoms with Crippen molar-refractivity contribution in [3.63, 3.8) is 0 Å². The second-order valence-electron chi connectivity index (χ2n) is 8.22. The number of carbonyl (C=O) groups excluding carboxylic acids is 1. The Hall–Kier alpha value is -0.500. The Labute approximate surface area is 194 Å². The van der Waals surface area contributed by atoms with Crippen LogP contribution in [0.15, 0.2) is 0 Å². The van der Waals surface area contributed by atoms with E-state index < -0.39 is 19.6 Å². The summed E-state index contributed by atoms with van der Waals surface area (Å²) in [6, 6.07) is 0. The highest BCUT2D eigenvalue weighted by Crippen LogP contribution is 2.36. The van der Waals surface area contributed by atoms with Gasteiger partial charge in [-0.1, -0.05) is 90.4 Å². The largest absolute Gasteiger partial charge is 0.451 e. The van der Waals surface area contributed by atoms with Gasteiger partial charge in [0.05, 0.1) is 6.61 Å². The second-order valence-corrected chi connectivity index (χ2v) is 9.67.